The Morgan fingerprint density at radius 1 is 0.967 bits per heavy atom. The molecule has 1 aliphatic heterocycles. The molecule has 3 rings (SSSR count). The summed E-state index contributed by atoms with van der Waals surface area (Å²) in [4.78, 5) is 26.1. The summed E-state index contributed by atoms with van der Waals surface area (Å²) in [5, 5.41) is 0. The molecule has 0 saturated carbocycles. The third-order valence-electron chi connectivity index (χ3n) is 5.11. The van der Waals surface area contributed by atoms with Crippen molar-refractivity contribution in [3.8, 4) is 0 Å². The Hall–Kier alpha value is -2.75. The van der Waals surface area contributed by atoms with E-state index in [9.17, 15) is 18.0 Å². The van der Waals surface area contributed by atoms with Gasteiger partial charge in [0.05, 0.1) is 36.3 Å². The number of hydrogen-bond donors (Lipinski definition) is 0. The van der Waals surface area contributed by atoms with Crippen LogP contribution in [0, 0.1) is 0 Å². The molecule has 1 aliphatic rings. The van der Waals surface area contributed by atoms with Crippen molar-refractivity contribution in [1.82, 2.24) is 9.21 Å². The first kappa shape index (κ1) is 21.9. The molecule has 0 spiro atoms. The molecule has 1 saturated heterocycles. The van der Waals surface area contributed by atoms with Gasteiger partial charge in [-0.25, -0.2) is 18.0 Å². The Morgan fingerprint density at radius 3 is 2.27 bits per heavy atom. The molecule has 9 heteroatoms. The average Bonchev–Trinajstić information content (AvgIpc) is 2.77. The lowest BCUT2D eigenvalue weighted by molar-refractivity contribution is 0.0583. The summed E-state index contributed by atoms with van der Waals surface area (Å²) >= 11 is 0. The summed E-state index contributed by atoms with van der Waals surface area (Å²) in [7, 11) is 0.175. The van der Waals surface area contributed by atoms with Crippen molar-refractivity contribution in [3.63, 3.8) is 0 Å². The Morgan fingerprint density at radius 2 is 1.63 bits per heavy atom. The van der Waals surface area contributed by atoms with Gasteiger partial charge >= 0.3 is 11.9 Å². The van der Waals surface area contributed by atoms with Gasteiger partial charge in [0, 0.05) is 19.6 Å². The minimum absolute atomic E-state index is 0.0362. The van der Waals surface area contributed by atoms with Crippen LogP contribution in [0.2, 0.25) is 0 Å². The zero-order chi connectivity index (χ0) is 21.9. The van der Waals surface area contributed by atoms with Crippen LogP contribution in [0.15, 0.2) is 53.4 Å². The maximum Gasteiger partial charge on any atom is 0.339 e. The van der Waals surface area contributed by atoms with Gasteiger partial charge in [-0.05, 0) is 30.8 Å². The summed E-state index contributed by atoms with van der Waals surface area (Å²) in [6, 6.07) is 12.7. The number of methoxy groups -OCH3 is 2. The standard InChI is InChI=1S/C21H24N2O6S/c1-22-11-12-23(18(14-22)15-7-5-4-6-8-15)30(26,27)19-13-16(20(24)28-2)9-10-17(19)21(25)29-3/h4-10,13,18H,11-12,14H2,1-3H3. The molecular formula is C21H24N2O6S. The van der Waals surface area contributed by atoms with Crippen LogP contribution in [0.25, 0.3) is 0 Å². The number of benzene rings is 2. The molecule has 2 aromatic carbocycles. The van der Waals surface area contributed by atoms with Gasteiger partial charge in [-0.2, -0.15) is 4.31 Å². The zero-order valence-corrected chi connectivity index (χ0v) is 17.9. The third-order valence-corrected chi connectivity index (χ3v) is 7.06. The van der Waals surface area contributed by atoms with E-state index in [1.165, 1.54) is 36.7 Å². The van der Waals surface area contributed by atoms with Gasteiger partial charge in [0.2, 0.25) is 10.0 Å². The van der Waals surface area contributed by atoms with Crippen molar-refractivity contribution in [2.24, 2.45) is 0 Å². The molecule has 0 radical (unpaired) electrons. The van der Waals surface area contributed by atoms with Gasteiger partial charge in [0.15, 0.2) is 0 Å². The quantitative estimate of drug-likeness (QED) is 0.667. The highest BCUT2D eigenvalue weighted by molar-refractivity contribution is 7.89. The van der Waals surface area contributed by atoms with Crippen molar-refractivity contribution in [1.29, 1.82) is 0 Å². The fraction of sp³-hybridized carbons (Fsp3) is 0.333. The predicted molar refractivity (Wildman–Crippen MR) is 110 cm³/mol. The molecule has 1 fully saturated rings. The van der Waals surface area contributed by atoms with Crippen LogP contribution < -0.4 is 0 Å². The molecule has 0 N–H and O–H groups in total. The molecule has 2 aromatic rings. The van der Waals surface area contributed by atoms with E-state index in [0.29, 0.717) is 13.1 Å². The van der Waals surface area contributed by atoms with Crippen LogP contribution in [0.1, 0.15) is 32.3 Å². The topological polar surface area (TPSA) is 93.2 Å². The Labute approximate surface area is 176 Å². The molecule has 1 unspecified atom stereocenters. The molecule has 160 valence electrons. The second-order valence-corrected chi connectivity index (χ2v) is 8.86. The van der Waals surface area contributed by atoms with Gasteiger partial charge in [-0.15, -0.1) is 0 Å². The molecule has 0 bridgehead atoms. The number of piperazine rings is 1. The maximum atomic E-state index is 13.7. The van der Waals surface area contributed by atoms with E-state index in [1.807, 2.05) is 37.4 Å². The van der Waals surface area contributed by atoms with Gasteiger partial charge in [0.25, 0.3) is 0 Å². The second kappa shape index (κ2) is 8.95. The van der Waals surface area contributed by atoms with Crippen LogP contribution in [0.5, 0.6) is 0 Å². The van der Waals surface area contributed by atoms with Crippen LogP contribution in [0.4, 0.5) is 0 Å². The lowest BCUT2D eigenvalue weighted by Crippen LogP contribution is -2.49. The smallest absolute Gasteiger partial charge is 0.339 e. The minimum Gasteiger partial charge on any atom is -0.465 e. The first-order valence-corrected chi connectivity index (χ1v) is 10.8. The van der Waals surface area contributed by atoms with E-state index >= 15 is 0 Å². The fourth-order valence-electron chi connectivity index (χ4n) is 3.52. The highest BCUT2D eigenvalue weighted by Crippen LogP contribution is 2.32. The fourth-order valence-corrected chi connectivity index (χ4v) is 5.33. The van der Waals surface area contributed by atoms with Crippen molar-refractivity contribution in [3.05, 3.63) is 65.2 Å². The number of hydrogen-bond acceptors (Lipinski definition) is 7. The number of rotatable bonds is 5. The zero-order valence-electron chi connectivity index (χ0n) is 17.1. The van der Waals surface area contributed by atoms with Crippen LogP contribution in [-0.2, 0) is 19.5 Å². The average molecular weight is 432 g/mol. The molecule has 1 heterocycles. The van der Waals surface area contributed by atoms with Crippen LogP contribution >= 0.6 is 0 Å². The van der Waals surface area contributed by atoms with E-state index in [4.69, 9.17) is 9.47 Å². The highest BCUT2D eigenvalue weighted by Gasteiger charge is 2.38. The lowest BCUT2D eigenvalue weighted by Gasteiger charge is -2.39. The Bertz CT molecular complexity index is 1040. The molecule has 0 aliphatic carbocycles. The normalized spacial score (nSPS) is 18.0. The summed E-state index contributed by atoms with van der Waals surface area (Å²) in [5.74, 6) is -1.49. The predicted octanol–water partition coefficient (Wildman–Crippen LogP) is 1.94. The molecule has 0 aromatic heterocycles. The lowest BCUT2D eigenvalue weighted by atomic mass is 10.1. The largest absolute Gasteiger partial charge is 0.465 e. The van der Waals surface area contributed by atoms with Crippen molar-refractivity contribution >= 4 is 22.0 Å². The Kier molecular flexibility index (Phi) is 6.55. The number of ether oxygens (including phenoxy) is 2. The number of carbonyl (C=O) groups is 2. The number of carbonyl (C=O) groups excluding carboxylic acids is 2. The number of sulfonamides is 1. The van der Waals surface area contributed by atoms with Crippen molar-refractivity contribution in [2.75, 3.05) is 40.9 Å². The summed E-state index contributed by atoms with van der Waals surface area (Å²) in [5.41, 5.74) is 0.751. The van der Waals surface area contributed by atoms with Gasteiger partial charge in [0.1, 0.15) is 0 Å². The number of esters is 2. The van der Waals surface area contributed by atoms with Gasteiger partial charge in [-0.1, -0.05) is 30.3 Å². The Balaban J connectivity index is 2.14. The summed E-state index contributed by atoms with van der Waals surface area (Å²) in [6.07, 6.45) is 0. The number of likely N-dealkylation sites (N-methyl/N-ethyl adjacent to an activating group) is 1. The van der Waals surface area contributed by atoms with E-state index in [2.05, 4.69) is 4.90 Å². The molecule has 0 amide bonds. The highest BCUT2D eigenvalue weighted by atomic mass is 32.2. The third kappa shape index (κ3) is 4.23. The van der Waals surface area contributed by atoms with E-state index in [0.717, 1.165) is 5.56 Å². The summed E-state index contributed by atoms with van der Waals surface area (Å²) < 4.78 is 38.3. The molecular weight excluding hydrogens is 408 g/mol. The maximum absolute atomic E-state index is 13.7. The van der Waals surface area contributed by atoms with Crippen LogP contribution in [-0.4, -0.2) is 70.5 Å². The van der Waals surface area contributed by atoms with Gasteiger partial charge in [-0.3, -0.25) is 0 Å². The second-order valence-electron chi connectivity index (χ2n) is 7.00. The molecule has 1 atom stereocenters. The minimum atomic E-state index is -4.13. The monoisotopic (exact) mass is 432 g/mol. The molecule has 8 nitrogen and oxygen atoms in total. The number of nitrogens with zero attached hydrogens (tertiary/aromatic N) is 2. The van der Waals surface area contributed by atoms with Crippen molar-refractivity contribution in [2.45, 2.75) is 10.9 Å². The molecule has 30 heavy (non-hydrogen) atoms. The summed E-state index contributed by atoms with van der Waals surface area (Å²) in [6.45, 7) is 1.27. The van der Waals surface area contributed by atoms with E-state index in [-0.39, 0.29) is 22.6 Å². The first-order valence-electron chi connectivity index (χ1n) is 9.35. The first-order chi connectivity index (χ1) is 14.3. The van der Waals surface area contributed by atoms with Crippen molar-refractivity contribution < 1.29 is 27.5 Å². The van der Waals surface area contributed by atoms with E-state index in [1.54, 1.807) is 0 Å². The van der Waals surface area contributed by atoms with E-state index < -0.39 is 28.0 Å². The van der Waals surface area contributed by atoms with Crippen LogP contribution in [0.3, 0.4) is 0 Å². The SMILES string of the molecule is COC(=O)c1ccc(C(=O)OC)c(S(=O)(=O)N2CCN(C)CC2c2ccccc2)c1. The van der Waals surface area contributed by atoms with Gasteiger partial charge < -0.3 is 14.4 Å².